The highest BCUT2D eigenvalue weighted by molar-refractivity contribution is 5.56. The van der Waals surface area contributed by atoms with Gasteiger partial charge in [-0.3, -0.25) is 4.68 Å². The summed E-state index contributed by atoms with van der Waals surface area (Å²) in [6.07, 6.45) is 3.60. The predicted molar refractivity (Wildman–Crippen MR) is 64.2 cm³/mol. The van der Waals surface area contributed by atoms with Gasteiger partial charge in [0.05, 0.1) is 19.0 Å². The fourth-order valence-electron chi connectivity index (χ4n) is 1.36. The van der Waals surface area contributed by atoms with E-state index in [2.05, 4.69) is 20.4 Å². The summed E-state index contributed by atoms with van der Waals surface area (Å²) in [7, 11) is 1.53. The maximum Gasteiger partial charge on any atom is 0.225 e. The number of nitrogens with two attached hydrogens (primary N) is 1. The topological polar surface area (TPSA) is 90.9 Å². The van der Waals surface area contributed by atoms with Crippen molar-refractivity contribution >= 4 is 17.5 Å². The van der Waals surface area contributed by atoms with Crippen LogP contribution in [0.1, 0.15) is 6.92 Å². The molecule has 0 aliphatic rings. The van der Waals surface area contributed by atoms with Crippen molar-refractivity contribution in [3.63, 3.8) is 0 Å². The Morgan fingerprint density at radius 1 is 1.47 bits per heavy atom. The quantitative estimate of drug-likeness (QED) is 0.821. The zero-order valence-electron chi connectivity index (χ0n) is 9.71. The summed E-state index contributed by atoms with van der Waals surface area (Å²) < 4.78 is 6.82. The van der Waals surface area contributed by atoms with Crippen LogP contribution in [0.4, 0.5) is 17.5 Å². The summed E-state index contributed by atoms with van der Waals surface area (Å²) in [5.41, 5.74) is 6.40. The second-order valence-electron chi connectivity index (χ2n) is 3.36. The molecule has 7 heteroatoms. The van der Waals surface area contributed by atoms with Gasteiger partial charge in [-0.1, -0.05) is 0 Å². The van der Waals surface area contributed by atoms with Gasteiger partial charge in [0, 0.05) is 18.8 Å². The molecule has 0 radical (unpaired) electrons. The molecular formula is C10H14N6O. The number of anilines is 3. The summed E-state index contributed by atoms with van der Waals surface area (Å²) in [5, 5.41) is 7.22. The third kappa shape index (κ3) is 2.63. The lowest BCUT2D eigenvalue weighted by Crippen LogP contribution is -2.01. The van der Waals surface area contributed by atoms with E-state index in [0.29, 0.717) is 11.7 Å². The second-order valence-corrected chi connectivity index (χ2v) is 3.36. The number of nitrogens with one attached hydrogen (secondary N) is 1. The van der Waals surface area contributed by atoms with Gasteiger partial charge in [-0.2, -0.15) is 15.1 Å². The van der Waals surface area contributed by atoms with E-state index in [1.54, 1.807) is 12.3 Å². The molecule has 2 aromatic rings. The highest BCUT2D eigenvalue weighted by Crippen LogP contribution is 2.18. The first-order chi connectivity index (χ1) is 8.21. The fourth-order valence-corrected chi connectivity index (χ4v) is 1.36. The average molecular weight is 234 g/mol. The Hall–Kier alpha value is -2.31. The van der Waals surface area contributed by atoms with Crippen molar-refractivity contribution in [1.29, 1.82) is 0 Å². The zero-order valence-corrected chi connectivity index (χ0v) is 9.71. The molecule has 2 rings (SSSR count). The molecule has 0 atom stereocenters. The molecule has 0 saturated heterocycles. The van der Waals surface area contributed by atoms with Crippen LogP contribution < -0.4 is 15.8 Å². The molecule has 0 spiro atoms. The number of hydrogen-bond acceptors (Lipinski definition) is 6. The summed E-state index contributed by atoms with van der Waals surface area (Å²) in [4.78, 5) is 7.95. The SMILES string of the molecule is CCn1cc(Nc2cc(OC)nc(N)n2)cn1. The Morgan fingerprint density at radius 3 is 2.94 bits per heavy atom. The Bertz CT molecular complexity index is 509. The normalized spacial score (nSPS) is 10.2. The van der Waals surface area contributed by atoms with Gasteiger partial charge >= 0.3 is 0 Å². The lowest BCUT2D eigenvalue weighted by molar-refractivity contribution is 0.398. The number of nitrogen functional groups attached to an aromatic ring is 1. The summed E-state index contributed by atoms with van der Waals surface area (Å²) in [6, 6.07) is 1.67. The summed E-state index contributed by atoms with van der Waals surface area (Å²) >= 11 is 0. The first-order valence-corrected chi connectivity index (χ1v) is 5.19. The van der Waals surface area contributed by atoms with Crippen LogP contribution in [0.15, 0.2) is 18.5 Å². The fraction of sp³-hybridized carbons (Fsp3) is 0.300. The minimum atomic E-state index is 0.162. The van der Waals surface area contributed by atoms with Crippen LogP contribution in [0.3, 0.4) is 0 Å². The largest absolute Gasteiger partial charge is 0.481 e. The van der Waals surface area contributed by atoms with Crippen LogP contribution in [0.2, 0.25) is 0 Å². The van der Waals surface area contributed by atoms with E-state index in [1.807, 2.05) is 17.8 Å². The first-order valence-electron chi connectivity index (χ1n) is 5.19. The maximum absolute atomic E-state index is 5.56. The van der Waals surface area contributed by atoms with Crippen LogP contribution in [-0.4, -0.2) is 26.9 Å². The number of aryl methyl sites for hydroxylation is 1. The Labute approximate surface area is 98.6 Å². The molecule has 3 N–H and O–H groups in total. The molecule has 0 bridgehead atoms. The van der Waals surface area contributed by atoms with Crippen molar-refractivity contribution in [3.05, 3.63) is 18.5 Å². The first kappa shape index (κ1) is 11.2. The highest BCUT2D eigenvalue weighted by Gasteiger charge is 2.04. The summed E-state index contributed by atoms with van der Waals surface area (Å²) in [6.45, 7) is 2.83. The van der Waals surface area contributed by atoms with Gasteiger partial charge in [0.15, 0.2) is 0 Å². The number of ether oxygens (including phenoxy) is 1. The lowest BCUT2D eigenvalue weighted by atomic mass is 10.5. The molecular weight excluding hydrogens is 220 g/mol. The van der Waals surface area contributed by atoms with Crippen molar-refractivity contribution in [2.75, 3.05) is 18.2 Å². The van der Waals surface area contributed by atoms with Crippen molar-refractivity contribution in [2.24, 2.45) is 0 Å². The van der Waals surface area contributed by atoms with E-state index in [-0.39, 0.29) is 5.95 Å². The third-order valence-electron chi connectivity index (χ3n) is 2.16. The Balaban J connectivity index is 2.20. The second kappa shape index (κ2) is 4.69. The smallest absolute Gasteiger partial charge is 0.225 e. The molecule has 0 fully saturated rings. The van der Waals surface area contributed by atoms with Crippen LogP contribution in [0.5, 0.6) is 5.88 Å². The molecule has 0 aromatic carbocycles. The van der Waals surface area contributed by atoms with Crippen LogP contribution in [-0.2, 0) is 6.54 Å². The minimum Gasteiger partial charge on any atom is -0.481 e. The van der Waals surface area contributed by atoms with Gasteiger partial charge in [0.25, 0.3) is 0 Å². The minimum absolute atomic E-state index is 0.162. The van der Waals surface area contributed by atoms with E-state index in [9.17, 15) is 0 Å². The number of nitrogens with zero attached hydrogens (tertiary/aromatic N) is 4. The number of aromatic nitrogens is 4. The zero-order chi connectivity index (χ0) is 12.3. The van der Waals surface area contributed by atoms with Crippen molar-refractivity contribution in [1.82, 2.24) is 19.7 Å². The molecule has 90 valence electrons. The predicted octanol–water partition coefficient (Wildman–Crippen LogP) is 1.03. The molecule has 2 heterocycles. The van der Waals surface area contributed by atoms with E-state index >= 15 is 0 Å². The van der Waals surface area contributed by atoms with Gasteiger partial charge in [-0.15, -0.1) is 0 Å². The van der Waals surface area contributed by atoms with Crippen LogP contribution >= 0.6 is 0 Å². The van der Waals surface area contributed by atoms with Gasteiger partial charge in [0.2, 0.25) is 11.8 Å². The van der Waals surface area contributed by atoms with Crippen molar-refractivity contribution in [3.8, 4) is 5.88 Å². The van der Waals surface area contributed by atoms with E-state index in [4.69, 9.17) is 10.5 Å². The number of rotatable bonds is 4. The molecule has 0 aliphatic heterocycles. The van der Waals surface area contributed by atoms with Crippen molar-refractivity contribution in [2.45, 2.75) is 13.5 Å². The molecule has 17 heavy (non-hydrogen) atoms. The van der Waals surface area contributed by atoms with E-state index in [1.165, 1.54) is 7.11 Å². The summed E-state index contributed by atoms with van der Waals surface area (Å²) in [5.74, 6) is 1.16. The van der Waals surface area contributed by atoms with E-state index in [0.717, 1.165) is 12.2 Å². The molecule has 0 saturated carbocycles. The van der Waals surface area contributed by atoms with Gasteiger partial charge in [0.1, 0.15) is 5.82 Å². The number of methoxy groups -OCH3 is 1. The highest BCUT2D eigenvalue weighted by atomic mass is 16.5. The molecule has 0 aliphatic carbocycles. The molecule has 2 aromatic heterocycles. The molecule has 0 unspecified atom stereocenters. The van der Waals surface area contributed by atoms with Crippen molar-refractivity contribution < 1.29 is 4.74 Å². The van der Waals surface area contributed by atoms with Gasteiger partial charge in [-0.05, 0) is 6.92 Å². The number of hydrogen-bond donors (Lipinski definition) is 2. The monoisotopic (exact) mass is 234 g/mol. The standard InChI is InChI=1S/C10H14N6O/c1-3-16-6-7(5-12-16)13-8-4-9(17-2)15-10(11)14-8/h4-6H,3H2,1-2H3,(H3,11,13,14,15). The third-order valence-corrected chi connectivity index (χ3v) is 2.16. The van der Waals surface area contributed by atoms with Crippen LogP contribution in [0.25, 0.3) is 0 Å². The Kier molecular flexibility index (Phi) is 3.08. The molecule has 7 nitrogen and oxygen atoms in total. The van der Waals surface area contributed by atoms with E-state index < -0.39 is 0 Å². The Morgan fingerprint density at radius 2 is 2.29 bits per heavy atom. The maximum atomic E-state index is 5.56. The van der Waals surface area contributed by atoms with Gasteiger partial charge < -0.3 is 15.8 Å². The average Bonchev–Trinajstić information content (AvgIpc) is 2.76. The van der Waals surface area contributed by atoms with Crippen LogP contribution in [0, 0.1) is 0 Å². The lowest BCUT2D eigenvalue weighted by Gasteiger charge is -2.05. The molecule has 0 amide bonds. The van der Waals surface area contributed by atoms with Gasteiger partial charge in [-0.25, -0.2) is 0 Å².